The highest BCUT2D eigenvalue weighted by Crippen LogP contribution is 2.47. The van der Waals surface area contributed by atoms with Gasteiger partial charge in [-0.2, -0.15) is 0 Å². The molecule has 0 spiro atoms. The zero-order chi connectivity index (χ0) is 22.8. The van der Waals surface area contributed by atoms with Crippen LogP contribution in [0.4, 0.5) is 0 Å². The summed E-state index contributed by atoms with van der Waals surface area (Å²) in [7, 11) is -3.16. The van der Waals surface area contributed by atoms with Crippen molar-refractivity contribution in [1.29, 1.82) is 0 Å². The van der Waals surface area contributed by atoms with E-state index in [-0.39, 0.29) is 31.8 Å². The summed E-state index contributed by atoms with van der Waals surface area (Å²) in [6.45, 7) is 1.31. The summed E-state index contributed by atoms with van der Waals surface area (Å²) in [4.78, 5) is 12.4. The number of hydrogen-bond acceptors (Lipinski definition) is 6. The van der Waals surface area contributed by atoms with Gasteiger partial charge in [-0.25, -0.2) is 0 Å². The van der Waals surface area contributed by atoms with Crippen LogP contribution in [0.2, 0.25) is 0 Å². The number of carbonyl (C=O) groups is 1. The number of esters is 1. The molecule has 7 heteroatoms. The maximum absolute atomic E-state index is 13.8. The Labute approximate surface area is 192 Å². The molecule has 2 aliphatic carbocycles. The van der Waals surface area contributed by atoms with Gasteiger partial charge in [-0.1, -0.05) is 18.2 Å². The second kappa shape index (κ2) is 12.9. The molecular formula is C25H39O6P. The molecule has 2 aliphatic rings. The van der Waals surface area contributed by atoms with Gasteiger partial charge in [0.25, 0.3) is 0 Å². The Kier molecular flexibility index (Phi) is 10.2. The Hall–Kier alpha value is -1.20. The summed E-state index contributed by atoms with van der Waals surface area (Å²) in [5.41, 5.74) is 0. The third-order valence-electron chi connectivity index (χ3n) is 7.21. The lowest BCUT2D eigenvalue weighted by Crippen LogP contribution is -2.23. The number of aliphatic hydroxyl groups is 2. The van der Waals surface area contributed by atoms with Gasteiger partial charge in [-0.15, -0.1) is 0 Å². The maximum Gasteiger partial charge on any atom is 0.306 e. The number of benzene rings is 1. The molecule has 1 aromatic rings. The lowest BCUT2D eigenvalue weighted by Gasteiger charge is -2.29. The fourth-order valence-corrected chi connectivity index (χ4v) is 6.92. The Bertz CT molecular complexity index is 723. The van der Waals surface area contributed by atoms with E-state index in [0.717, 1.165) is 51.4 Å². The minimum Gasteiger partial charge on any atom is -0.465 e. The van der Waals surface area contributed by atoms with E-state index in [2.05, 4.69) is 0 Å². The first-order valence-electron chi connectivity index (χ1n) is 12.2. The highest BCUT2D eigenvalue weighted by Gasteiger charge is 2.30. The van der Waals surface area contributed by atoms with Crippen molar-refractivity contribution in [3.8, 4) is 0 Å². The SMILES string of the molecule is O=C(CCP(=O)(OCC1CCC(CO)CC1)c1ccccc1)OCC1CCC(CO)CC1. The van der Waals surface area contributed by atoms with Gasteiger partial charge >= 0.3 is 5.97 Å². The van der Waals surface area contributed by atoms with Crippen LogP contribution in [-0.2, 0) is 18.6 Å². The first-order chi connectivity index (χ1) is 15.5. The van der Waals surface area contributed by atoms with E-state index in [0.29, 0.717) is 42.2 Å². The van der Waals surface area contributed by atoms with Crippen molar-refractivity contribution in [2.24, 2.45) is 23.7 Å². The Balaban J connectivity index is 1.48. The number of hydrogen-bond donors (Lipinski definition) is 2. The van der Waals surface area contributed by atoms with Crippen molar-refractivity contribution < 1.29 is 28.8 Å². The highest BCUT2D eigenvalue weighted by molar-refractivity contribution is 7.67. The monoisotopic (exact) mass is 466 g/mol. The van der Waals surface area contributed by atoms with Crippen LogP contribution in [-0.4, -0.2) is 48.8 Å². The summed E-state index contributed by atoms with van der Waals surface area (Å²) in [5, 5.41) is 19.2. The largest absolute Gasteiger partial charge is 0.465 e. The van der Waals surface area contributed by atoms with Crippen LogP contribution in [0.1, 0.15) is 57.8 Å². The number of aliphatic hydroxyl groups excluding tert-OH is 2. The van der Waals surface area contributed by atoms with Gasteiger partial charge in [0.15, 0.2) is 0 Å². The van der Waals surface area contributed by atoms with Gasteiger partial charge in [-0.05, 0) is 87.2 Å². The van der Waals surface area contributed by atoms with E-state index in [1.807, 2.05) is 30.3 Å². The third-order valence-corrected chi connectivity index (χ3v) is 9.67. The molecule has 0 aliphatic heterocycles. The minimum absolute atomic E-state index is 0.0788. The molecule has 1 unspecified atom stereocenters. The first-order valence-corrected chi connectivity index (χ1v) is 14.0. The predicted octanol–water partition coefficient (Wildman–Crippen LogP) is 4.14. The average molecular weight is 467 g/mol. The third kappa shape index (κ3) is 7.69. The highest BCUT2D eigenvalue weighted by atomic mass is 31.2. The topological polar surface area (TPSA) is 93.1 Å². The van der Waals surface area contributed by atoms with Gasteiger partial charge in [0.2, 0.25) is 7.37 Å². The second-order valence-corrected chi connectivity index (χ2v) is 12.2. The molecule has 32 heavy (non-hydrogen) atoms. The van der Waals surface area contributed by atoms with Crippen molar-refractivity contribution in [3.05, 3.63) is 30.3 Å². The summed E-state index contributed by atoms with van der Waals surface area (Å²) >= 11 is 0. The number of rotatable bonds is 11. The van der Waals surface area contributed by atoms with Crippen molar-refractivity contribution in [2.75, 3.05) is 32.6 Å². The second-order valence-electron chi connectivity index (χ2n) is 9.60. The van der Waals surface area contributed by atoms with Crippen molar-refractivity contribution in [2.45, 2.75) is 57.8 Å². The molecule has 180 valence electrons. The van der Waals surface area contributed by atoms with Gasteiger partial charge < -0.3 is 19.5 Å². The molecule has 0 bridgehead atoms. The molecule has 2 N–H and O–H groups in total. The van der Waals surface area contributed by atoms with Gasteiger partial charge in [0, 0.05) is 24.7 Å². The van der Waals surface area contributed by atoms with Crippen molar-refractivity contribution in [3.63, 3.8) is 0 Å². The van der Waals surface area contributed by atoms with Crippen LogP contribution in [0, 0.1) is 23.7 Å². The molecule has 0 radical (unpaired) electrons. The molecule has 0 aromatic heterocycles. The molecule has 0 heterocycles. The quantitative estimate of drug-likeness (QED) is 0.376. The Morgan fingerprint density at radius 2 is 1.31 bits per heavy atom. The first kappa shape index (κ1) is 25.4. The van der Waals surface area contributed by atoms with Gasteiger partial charge in [0.05, 0.1) is 19.6 Å². The molecule has 6 nitrogen and oxygen atoms in total. The van der Waals surface area contributed by atoms with Crippen LogP contribution in [0.25, 0.3) is 0 Å². The lowest BCUT2D eigenvalue weighted by atomic mass is 9.83. The Morgan fingerprint density at radius 1 is 0.812 bits per heavy atom. The van der Waals surface area contributed by atoms with Crippen LogP contribution in [0.5, 0.6) is 0 Å². The summed E-state index contributed by atoms with van der Waals surface area (Å²) in [6, 6.07) is 9.20. The number of ether oxygens (including phenoxy) is 1. The van der Waals surface area contributed by atoms with E-state index in [1.54, 1.807) is 0 Å². The van der Waals surface area contributed by atoms with Crippen LogP contribution < -0.4 is 5.30 Å². The van der Waals surface area contributed by atoms with Gasteiger partial charge in [0.1, 0.15) is 0 Å². The van der Waals surface area contributed by atoms with E-state index in [1.165, 1.54) is 0 Å². The average Bonchev–Trinajstić information content (AvgIpc) is 2.86. The van der Waals surface area contributed by atoms with Crippen molar-refractivity contribution in [1.82, 2.24) is 0 Å². The predicted molar refractivity (Wildman–Crippen MR) is 125 cm³/mol. The molecule has 3 rings (SSSR count). The fourth-order valence-electron chi connectivity index (χ4n) is 4.83. The molecule has 0 saturated heterocycles. The smallest absolute Gasteiger partial charge is 0.306 e. The van der Waals surface area contributed by atoms with Crippen LogP contribution >= 0.6 is 7.37 Å². The molecule has 2 saturated carbocycles. The molecule has 1 atom stereocenters. The molecule has 1 aromatic carbocycles. The fraction of sp³-hybridized carbons (Fsp3) is 0.720. The molecule has 0 amide bonds. The van der Waals surface area contributed by atoms with Gasteiger partial charge in [-0.3, -0.25) is 9.36 Å². The molecular weight excluding hydrogens is 427 g/mol. The normalized spacial score (nSPS) is 28.1. The zero-order valence-electron chi connectivity index (χ0n) is 19.1. The number of carbonyl (C=O) groups excluding carboxylic acids is 1. The standard InChI is InChI=1S/C25H39O6P/c26-16-20-6-10-22(11-7-20)18-30-25(28)14-15-32(29,24-4-2-1-3-5-24)31-19-23-12-8-21(17-27)9-13-23/h1-5,20-23,26-27H,6-19H2. The molecule has 2 fully saturated rings. The van der Waals surface area contributed by atoms with E-state index < -0.39 is 7.37 Å². The summed E-state index contributed by atoms with van der Waals surface area (Å²) < 4.78 is 25.3. The van der Waals surface area contributed by atoms with E-state index in [9.17, 15) is 19.6 Å². The van der Waals surface area contributed by atoms with Crippen LogP contribution in [0.15, 0.2) is 30.3 Å². The summed E-state index contributed by atoms with van der Waals surface area (Å²) in [6.07, 6.45) is 8.05. The zero-order valence-corrected chi connectivity index (χ0v) is 20.0. The lowest BCUT2D eigenvalue weighted by molar-refractivity contribution is -0.145. The maximum atomic E-state index is 13.8. The van der Waals surface area contributed by atoms with Crippen molar-refractivity contribution >= 4 is 18.6 Å². The minimum atomic E-state index is -3.16. The van der Waals surface area contributed by atoms with E-state index in [4.69, 9.17) is 9.26 Å². The summed E-state index contributed by atoms with van der Waals surface area (Å²) in [5.74, 6) is 1.14. The van der Waals surface area contributed by atoms with E-state index >= 15 is 0 Å². The Morgan fingerprint density at radius 3 is 1.84 bits per heavy atom. The van der Waals surface area contributed by atoms with Crippen LogP contribution in [0.3, 0.4) is 0 Å².